The van der Waals surface area contributed by atoms with E-state index in [1.165, 1.54) is 6.07 Å². The molecule has 0 aliphatic heterocycles. The van der Waals surface area contributed by atoms with Crippen molar-refractivity contribution in [2.45, 2.75) is 15.9 Å². The first kappa shape index (κ1) is 21.0. The third-order valence-electron chi connectivity index (χ3n) is 2.02. The molecule has 0 saturated heterocycles. The molecule has 0 aliphatic carbocycles. The summed E-state index contributed by atoms with van der Waals surface area (Å²) in [5, 5.41) is 0. The Hall–Kier alpha value is -1.06. The van der Waals surface area contributed by atoms with Crippen molar-refractivity contribution in [3.05, 3.63) is 30.3 Å². The van der Waals surface area contributed by atoms with Gasteiger partial charge in [-0.05, 0) is 22.8 Å². The van der Waals surface area contributed by atoms with Crippen LogP contribution in [0, 0.1) is 0 Å². The fourth-order valence-corrected chi connectivity index (χ4v) is 6.98. The molecule has 0 atom stereocenters. The van der Waals surface area contributed by atoms with Gasteiger partial charge in [0.15, 0.2) is 0 Å². The van der Waals surface area contributed by atoms with Crippen molar-refractivity contribution in [3.8, 4) is 0 Å². The van der Waals surface area contributed by atoms with E-state index in [1.54, 1.807) is 0 Å². The zero-order chi connectivity index (χ0) is 19.0. The fourth-order valence-electron chi connectivity index (χ4n) is 1.04. The molecule has 1 rings (SSSR count). The van der Waals surface area contributed by atoms with Gasteiger partial charge in [0, 0.05) is 4.90 Å². The summed E-state index contributed by atoms with van der Waals surface area (Å²) in [6, 6.07) is 4.95. The lowest BCUT2D eigenvalue weighted by atomic mass is 10.4. The van der Waals surface area contributed by atoms with E-state index < -0.39 is 44.8 Å². The SMILES string of the molecule is O=S(=O)(N=S(Cl)(=NS(=O)(=O)C(F)(F)F)c1ccccc1)C(F)(F)F. The highest BCUT2D eigenvalue weighted by molar-refractivity contribution is 8.23. The molecule has 0 aliphatic rings. The fraction of sp³-hybridized carbons (Fsp3) is 0.250. The summed E-state index contributed by atoms with van der Waals surface area (Å²) in [6.45, 7) is 0. The molecule has 1 aromatic rings. The third kappa shape index (κ3) is 4.52. The number of alkyl halides is 6. The molecule has 0 saturated carbocycles. The molecule has 16 heteroatoms. The molecular weight excluding hydrogens is 434 g/mol. The van der Waals surface area contributed by atoms with E-state index in [9.17, 15) is 43.2 Å². The standard InChI is InChI=1S/C8H5ClF6N2O4S3/c9-22(6-4-2-1-3-5-6,16-23(18,19)7(10,11)12)17-24(20,21)8(13,14)15/h1-5H. The van der Waals surface area contributed by atoms with Crippen molar-refractivity contribution in [1.82, 2.24) is 0 Å². The molecule has 1 aromatic carbocycles. The first-order valence-electron chi connectivity index (χ1n) is 5.21. The second kappa shape index (κ2) is 6.34. The lowest BCUT2D eigenvalue weighted by Crippen LogP contribution is -2.24. The Balaban J connectivity index is 3.97. The van der Waals surface area contributed by atoms with Crippen LogP contribution in [0.4, 0.5) is 26.3 Å². The number of halogens is 7. The van der Waals surface area contributed by atoms with Gasteiger partial charge in [0.05, 0.1) is 8.83 Å². The smallest absolute Gasteiger partial charge is 0.194 e. The molecule has 0 fully saturated rings. The molecule has 6 nitrogen and oxygen atoms in total. The molecule has 0 spiro atoms. The van der Waals surface area contributed by atoms with Crippen molar-refractivity contribution in [1.29, 1.82) is 0 Å². The zero-order valence-electron chi connectivity index (χ0n) is 10.8. The number of benzene rings is 1. The minimum absolute atomic E-state index is 0.757. The quantitative estimate of drug-likeness (QED) is 0.676. The van der Waals surface area contributed by atoms with E-state index >= 15 is 0 Å². The largest absolute Gasteiger partial charge is 0.519 e. The van der Waals surface area contributed by atoms with E-state index in [1.807, 2.05) is 0 Å². The van der Waals surface area contributed by atoms with Crippen LogP contribution >= 0.6 is 10.7 Å². The monoisotopic (exact) mass is 438 g/mol. The second-order valence-corrected chi connectivity index (χ2v) is 10.5. The Morgan fingerprint density at radius 2 is 1.08 bits per heavy atom. The Labute approximate surface area is 136 Å². The molecule has 0 N–H and O–H groups in total. The topological polar surface area (TPSA) is 93.0 Å². The van der Waals surface area contributed by atoms with Crippen LogP contribution in [0.2, 0.25) is 0 Å². The van der Waals surface area contributed by atoms with Crippen LogP contribution in [-0.2, 0) is 28.9 Å². The van der Waals surface area contributed by atoms with Crippen molar-refractivity contribution >= 4 is 39.6 Å². The molecule has 0 amide bonds. The number of sulfonamides is 2. The minimum atomic E-state index is -6.42. The minimum Gasteiger partial charge on any atom is -0.194 e. The average Bonchev–Trinajstić information content (AvgIpc) is 2.35. The van der Waals surface area contributed by atoms with Crippen LogP contribution in [-0.4, -0.2) is 27.9 Å². The van der Waals surface area contributed by atoms with Gasteiger partial charge in [0.1, 0.15) is 0 Å². The van der Waals surface area contributed by atoms with Crippen LogP contribution < -0.4 is 0 Å². The van der Waals surface area contributed by atoms with Crippen LogP contribution in [0.25, 0.3) is 0 Å². The highest BCUT2D eigenvalue weighted by Crippen LogP contribution is 2.34. The van der Waals surface area contributed by atoms with Crippen molar-refractivity contribution in [3.63, 3.8) is 0 Å². The maximum absolute atomic E-state index is 12.4. The number of hydrogen-bond acceptors (Lipinski definition) is 4. The normalized spacial score (nSPS) is 14.3. The van der Waals surface area contributed by atoms with Crippen molar-refractivity contribution in [2.75, 3.05) is 0 Å². The van der Waals surface area contributed by atoms with Crippen LogP contribution in [0.5, 0.6) is 0 Å². The van der Waals surface area contributed by atoms with Crippen molar-refractivity contribution in [2.24, 2.45) is 7.54 Å². The van der Waals surface area contributed by atoms with Gasteiger partial charge in [-0.1, -0.05) is 18.2 Å². The lowest BCUT2D eigenvalue weighted by Gasteiger charge is -2.11. The first-order valence-corrected chi connectivity index (χ1v) is 10.5. The van der Waals surface area contributed by atoms with Gasteiger partial charge in [-0.15, -0.1) is 7.54 Å². The summed E-state index contributed by atoms with van der Waals surface area (Å²) in [6.07, 6.45) is 0. The van der Waals surface area contributed by atoms with Crippen LogP contribution in [0.3, 0.4) is 0 Å². The summed E-state index contributed by atoms with van der Waals surface area (Å²) in [4.78, 5) is -0.757. The third-order valence-corrected chi connectivity index (χ3v) is 8.76. The molecule has 138 valence electrons. The van der Waals surface area contributed by atoms with Gasteiger partial charge < -0.3 is 0 Å². The summed E-state index contributed by atoms with van der Waals surface area (Å²) >= 11 is 0. The summed E-state index contributed by atoms with van der Waals surface area (Å²) in [7, 11) is -12.2. The Morgan fingerprint density at radius 3 is 1.38 bits per heavy atom. The predicted molar refractivity (Wildman–Crippen MR) is 72.7 cm³/mol. The van der Waals surface area contributed by atoms with Gasteiger partial charge in [0.2, 0.25) is 0 Å². The van der Waals surface area contributed by atoms with E-state index in [0.29, 0.717) is 0 Å². The zero-order valence-corrected chi connectivity index (χ0v) is 14.0. The molecule has 0 heterocycles. The molecule has 0 bridgehead atoms. The second-order valence-electron chi connectivity index (χ2n) is 3.78. The van der Waals surface area contributed by atoms with Crippen LogP contribution in [0.15, 0.2) is 42.8 Å². The van der Waals surface area contributed by atoms with E-state index in [-0.39, 0.29) is 0 Å². The summed E-state index contributed by atoms with van der Waals surface area (Å²) < 4.78 is 123. The molecule has 0 radical (unpaired) electrons. The van der Waals surface area contributed by atoms with Crippen LogP contribution in [0.1, 0.15) is 0 Å². The van der Waals surface area contributed by atoms with Gasteiger partial charge in [0.25, 0.3) is 0 Å². The highest BCUT2D eigenvalue weighted by atomic mass is 35.7. The van der Waals surface area contributed by atoms with Gasteiger partial charge in [-0.2, -0.15) is 43.2 Å². The maximum Gasteiger partial charge on any atom is 0.519 e. The average molecular weight is 439 g/mol. The van der Waals surface area contributed by atoms with Gasteiger partial charge in [-0.3, -0.25) is 0 Å². The molecule has 0 unspecified atom stereocenters. The summed E-state index contributed by atoms with van der Waals surface area (Å²) in [5.74, 6) is 0. The maximum atomic E-state index is 12.4. The summed E-state index contributed by atoms with van der Waals surface area (Å²) in [5.41, 5.74) is -12.0. The number of nitrogens with zero attached hydrogens (tertiary/aromatic N) is 2. The Morgan fingerprint density at radius 1 is 0.750 bits per heavy atom. The molecule has 0 aromatic heterocycles. The van der Waals surface area contributed by atoms with Gasteiger partial charge in [-0.25, -0.2) is 0 Å². The number of rotatable bonds is 3. The highest BCUT2D eigenvalue weighted by Gasteiger charge is 2.49. The number of hydrogen-bond donors (Lipinski definition) is 0. The molecule has 24 heavy (non-hydrogen) atoms. The van der Waals surface area contributed by atoms with E-state index in [4.69, 9.17) is 10.7 Å². The Bertz CT molecular complexity index is 888. The predicted octanol–water partition coefficient (Wildman–Crippen LogP) is 3.42. The van der Waals surface area contributed by atoms with E-state index in [0.717, 1.165) is 24.3 Å². The molecular formula is C8H5ClF6N2O4S3. The first-order chi connectivity index (χ1) is 10.5. The Kier molecular flexibility index (Phi) is 5.55. The van der Waals surface area contributed by atoms with Gasteiger partial charge >= 0.3 is 31.1 Å². The lowest BCUT2D eigenvalue weighted by molar-refractivity contribution is -0.0439. The van der Waals surface area contributed by atoms with E-state index in [2.05, 4.69) is 7.54 Å². The van der Waals surface area contributed by atoms with Crippen molar-refractivity contribution < 1.29 is 43.2 Å².